The zero-order valence-electron chi connectivity index (χ0n) is 27.8. The SMILES string of the molecule is COc1nc(-c2cccc(-c3cccc(Nc4ncnc5c4c(=O)n(C)c(=O)n5C)c3C)c2Cl)cc2c1[C@H](N1CCC(CNC=O)C1)CC2. The van der Waals surface area contributed by atoms with Gasteiger partial charge >= 0.3 is 5.69 Å². The third-order valence-corrected chi connectivity index (χ3v) is 10.4. The molecule has 1 aliphatic heterocycles. The molecular formula is C36H37ClN8O4. The summed E-state index contributed by atoms with van der Waals surface area (Å²) in [5, 5.41) is 6.93. The van der Waals surface area contributed by atoms with Gasteiger partial charge in [0.25, 0.3) is 5.56 Å². The van der Waals surface area contributed by atoms with Crippen LogP contribution in [-0.4, -0.2) is 62.1 Å². The summed E-state index contributed by atoms with van der Waals surface area (Å²) in [5.74, 6) is 1.36. The topological polar surface area (TPSA) is 136 Å². The Morgan fingerprint density at radius 1 is 1.04 bits per heavy atom. The fourth-order valence-corrected chi connectivity index (χ4v) is 7.71. The van der Waals surface area contributed by atoms with Gasteiger partial charge in [-0.1, -0.05) is 41.9 Å². The Balaban J connectivity index is 1.22. The Morgan fingerprint density at radius 2 is 1.82 bits per heavy atom. The first kappa shape index (κ1) is 32.5. The molecular weight excluding hydrogens is 644 g/mol. The molecule has 2 aromatic carbocycles. The Kier molecular flexibility index (Phi) is 8.68. The zero-order valence-corrected chi connectivity index (χ0v) is 28.5. The maximum Gasteiger partial charge on any atom is 0.332 e. The monoisotopic (exact) mass is 680 g/mol. The van der Waals surface area contributed by atoms with Crippen LogP contribution in [-0.2, 0) is 25.3 Å². The van der Waals surface area contributed by atoms with Crippen molar-refractivity contribution >= 4 is 40.5 Å². The first-order chi connectivity index (χ1) is 23.7. The highest BCUT2D eigenvalue weighted by Gasteiger charge is 2.36. The molecule has 3 aromatic heterocycles. The number of carbonyl (C=O) groups is 1. The number of hydrogen-bond acceptors (Lipinski definition) is 9. The van der Waals surface area contributed by atoms with E-state index in [0.29, 0.717) is 29.2 Å². The fraction of sp³-hybridized carbons (Fsp3) is 0.333. The second-order valence-corrected chi connectivity index (χ2v) is 13.1. The van der Waals surface area contributed by atoms with Gasteiger partial charge in [-0.25, -0.2) is 19.7 Å². The molecule has 2 N–H and O–H groups in total. The van der Waals surface area contributed by atoms with E-state index in [9.17, 15) is 14.4 Å². The molecule has 1 saturated heterocycles. The molecule has 2 atom stereocenters. The van der Waals surface area contributed by atoms with Crippen LogP contribution in [0.4, 0.5) is 11.5 Å². The summed E-state index contributed by atoms with van der Waals surface area (Å²) in [7, 11) is 4.68. The maximum absolute atomic E-state index is 13.1. The summed E-state index contributed by atoms with van der Waals surface area (Å²) >= 11 is 7.21. The first-order valence-corrected chi connectivity index (χ1v) is 16.6. The normalized spacial score (nSPS) is 17.3. The highest BCUT2D eigenvalue weighted by Crippen LogP contribution is 2.46. The average molecular weight is 681 g/mol. The van der Waals surface area contributed by atoms with E-state index < -0.39 is 11.2 Å². The van der Waals surface area contributed by atoms with Crippen LogP contribution < -0.4 is 26.6 Å². The maximum atomic E-state index is 13.1. The number of carbonyl (C=O) groups excluding carboxylic acids is 1. The molecule has 5 aromatic rings. The summed E-state index contributed by atoms with van der Waals surface area (Å²) < 4.78 is 8.28. The standard InChI is InChI=1S/C36H37ClN8O4/c1-20-23(7-6-10-26(20)41-32-30-33(40-18-39-32)43(2)36(48)44(3)35(30)47)24-8-5-9-25(31(24)37)27-15-22-11-12-28(29(22)34(42-27)49-4)45-14-13-21(17-45)16-38-19-46/h5-10,15,18-19,21,28H,11-14,16-17H2,1-4H3,(H,38,46)(H,39,40,41)/t21?,28-/m1/s1. The van der Waals surface area contributed by atoms with Gasteiger partial charge in [-0.3, -0.25) is 23.6 Å². The van der Waals surface area contributed by atoms with Gasteiger partial charge in [0.1, 0.15) is 17.5 Å². The van der Waals surface area contributed by atoms with Crippen molar-refractivity contribution in [2.24, 2.45) is 20.0 Å². The van der Waals surface area contributed by atoms with E-state index in [0.717, 1.165) is 82.5 Å². The van der Waals surface area contributed by atoms with E-state index in [1.165, 1.54) is 23.5 Å². The second kappa shape index (κ2) is 13.1. The largest absolute Gasteiger partial charge is 0.481 e. The van der Waals surface area contributed by atoms with Gasteiger partial charge in [-0.2, -0.15) is 0 Å². The molecule has 0 bridgehead atoms. The summed E-state index contributed by atoms with van der Waals surface area (Å²) in [5.41, 5.74) is 6.56. The number of benzene rings is 2. The molecule has 49 heavy (non-hydrogen) atoms. The van der Waals surface area contributed by atoms with Crippen LogP contribution in [0.25, 0.3) is 33.4 Å². The van der Waals surface area contributed by atoms with Gasteiger partial charge in [0.05, 0.1) is 17.8 Å². The zero-order chi connectivity index (χ0) is 34.4. The van der Waals surface area contributed by atoms with Crippen LogP contribution >= 0.6 is 11.6 Å². The molecule has 0 spiro atoms. The number of ether oxygens (including phenoxy) is 1. The smallest absolute Gasteiger partial charge is 0.332 e. The number of nitrogens with one attached hydrogen (secondary N) is 2. The molecule has 12 nitrogen and oxygen atoms in total. The minimum atomic E-state index is -0.481. The third kappa shape index (κ3) is 5.64. The fourth-order valence-electron chi connectivity index (χ4n) is 7.39. The molecule has 13 heteroatoms. The number of aromatic nitrogens is 5. The van der Waals surface area contributed by atoms with Crippen molar-refractivity contribution in [2.45, 2.75) is 32.2 Å². The molecule has 1 aliphatic carbocycles. The van der Waals surface area contributed by atoms with E-state index in [1.54, 1.807) is 14.2 Å². The first-order valence-electron chi connectivity index (χ1n) is 16.3. The summed E-state index contributed by atoms with van der Waals surface area (Å²) in [6.45, 7) is 4.58. The van der Waals surface area contributed by atoms with E-state index in [1.807, 2.05) is 43.3 Å². The van der Waals surface area contributed by atoms with Crippen molar-refractivity contribution in [3.05, 3.63) is 91.3 Å². The number of pyridine rings is 1. The predicted molar refractivity (Wildman–Crippen MR) is 190 cm³/mol. The van der Waals surface area contributed by atoms with Crippen molar-refractivity contribution in [2.75, 3.05) is 32.1 Å². The lowest BCUT2D eigenvalue weighted by Gasteiger charge is -2.26. The van der Waals surface area contributed by atoms with E-state index in [-0.39, 0.29) is 17.1 Å². The molecule has 252 valence electrons. The quantitative estimate of drug-likeness (QED) is 0.215. The molecule has 0 saturated carbocycles. The number of methoxy groups -OCH3 is 1. The number of fused-ring (bicyclic) bond motifs is 2. The Morgan fingerprint density at radius 3 is 2.61 bits per heavy atom. The van der Waals surface area contributed by atoms with Gasteiger partial charge in [-0.15, -0.1) is 0 Å². The Labute approximate surface area is 287 Å². The van der Waals surface area contributed by atoms with Crippen molar-refractivity contribution in [3.63, 3.8) is 0 Å². The lowest BCUT2D eigenvalue weighted by atomic mass is 9.96. The van der Waals surface area contributed by atoms with Gasteiger partial charge in [0, 0.05) is 55.6 Å². The highest BCUT2D eigenvalue weighted by molar-refractivity contribution is 6.36. The van der Waals surface area contributed by atoms with Crippen LogP contribution in [0.2, 0.25) is 5.02 Å². The molecule has 7 rings (SSSR count). The van der Waals surface area contributed by atoms with Crippen molar-refractivity contribution < 1.29 is 9.53 Å². The Bertz CT molecular complexity index is 2230. The average Bonchev–Trinajstić information content (AvgIpc) is 3.77. The lowest BCUT2D eigenvalue weighted by molar-refractivity contribution is -0.109. The third-order valence-electron chi connectivity index (χ3n) is 9.96. The van der Waals surface area contributed by atoms with Gasteiger partial charge in [0.2, 0.25) is 12.3 Å². The number of anilines is 2. The molecule has 1 amide bonds. The van der Waals surface area contributed by atoms with Crippen molar-refractivity contribution in [1.29, 1.82) is 0 Å². The molecule has 0 radical (unpaired) electrons. The lowest BCUT2D eigenvalue weighted by Crippen LogP contribution is -2.37. The van der Waals surface area contributed by atoms with Crippen LogP contribution in [0.1, 0.15) is 35.6 Å². The van der Waals surface area contributed by atoms with Crippen LogP contribution in [0, 0.1) is 12.8 Å². The number of hydrogen-bond donors (Lipinski definition) is 2. The summed E-state index contributed by atoms with van der Waals surface area (Å²) in [6.07, 6.45) is 5.06. The number of likely N-dealkylation sites (tertiary alicyclic amines) is 1. The van der Waals surface area contributed by atoms with Gasteiger partial charge in [0.15, 0.2) is 5.65 Å². The van der Waals surface area contributed by atoms with Gasteiger partial charge < -0.3 is 15.4 Å². The summed E-state index contributed by atoms with van der Waals surface area (Å²) in [4.78, 5) is 52.5. The van der Waals surface area contributed by atoms with Crippen LogP contribution in [0.5, 0.6) is 5.88 Å². The predicted octanol–water partition coefficient (Wildman–Crippen LogP) is 4.53. The number of amides is 1. The Hall–Kier alpha value is -5.07. The number of nitrogens with zero attached hydrogens (tertiary/aromatic N) is 6. The van der Waals surface area contributed by atoms with E-state index in [2.05, 4.69) is 31.6 Å². The van der Waals surface area contributed by atoms with Crippen molar-refractivity contribution in [1.82, 2.24) is 34.3 Å². The highest BCUT2D eigenvalue weighted by atomic mass is 35.5. The second-order valence-electron chi connectivity index (χ2n) is 12.7. The van der Waals surface area contributed by atoms with Gasteiger partial charge in [-0.05, 0) is 67.5 Å². The summed E-state index contributed by atoms with van der Waals surface area (Å²) in [6, 6.07) is 14.1. The molecule has 4 heterocycles. The molecule has 1 fully saturated rings. The molecule has 1 unspecified atom stereocenters. The van der Waals surface area contributed by atoms with Crippen LogP contribution in [0.15, 0.2) is 58.4 Å². The number of rotatable bonds is 9. The minimum absolute atomic E-state index is 0.218. The van der Waals surface area contributed by atoms with E-state index in [4.69, 9.17) is 21.3 Å². The van der Waals surface area contributed by atoms with Crippen molar-refractivity contribution in [3.8, 4) is 28.3 Å². The number of aryl methyl sites for hydroxylation is 2. The molecule has 2 aliphatic rings. The van der Waals surface area contributed by atoms with Crippen LogP contribution in [0.3, 0.4) is 0 Å². The minimum Gasteiger partial charge on any atom is -0.481 e. The number of halogens is 1. The van der Waals surface area contributed by atoms with E-state index >= 15 is 0 Å².